The highest BCUT2D eigenvalue weighted by Gasteiger charge is 2.23. The molecule has 4 nitrogen and oxygen atoms in total. The molecule has 0 aliphatic carbocycles. The smallest absolute Gasteiger partial charge is 0.146 e. The summed E-state index contributed by atoms with van der Waals surface area (Å²) >= 11 is 1.54. The second kappa shape index (κ2) is 11.0. The molecule has 0 amide bonds. The highest BCUT2D eigenvalue weighted by atomic mass is 32.1. The Kier molecular flexibility index (Phi) is 6.96. The summed E-state index contributed by atoms with van der Waals surface area (Å²) in [5.41, 5.74) is 5.07. The van der Waals surface area contributed by atoms with E-state index in [1.165, 1.54) is 29.2 Å². The predicted octanol–water partition coefficient (Wildman–Crippen LogP) is 7.52. The molecule has 5 aromatic rings. The molecule has 38 heavy (non-hydrogen) atoms. The molecule has 0 radical (unpaired) electrons. The molecule has 1 aromatic heterocycles. The van der Waals surface area contributed by atoms with Crippen molar-refractivity contribution >= 4 is 27.9 Å². The lowest BCUT2D eigenvalue weighted by Gasteiger charge is -2.37. The number of rotatable bonds is 5. The zero-order valence-electron chi connectivity index (χ0n) is 20.9. The van der Waals surface area contributed by atoms with Crippen LogP contribution in [0.2, 0.25) is 0 Å². The van der Waals surface area contributed by atoms with E-state index in [9.17, 15) is 4.39 Å². The van der Waals surface area contributed by atoms with Gasteiger partial charge in [-0.2, -0.15) is 0 Å². The Hall–Kier alpha value is -4.29. The highest BCUT2D eigenvalue weighted by molar-refractivity contribution is 7.19. The zero-order chi connectivity index (χ0) is 25.7. The second-order valence-electron chi connectivity index (χ2n) is 9.16. The Bertz CT molecular complexity index is 1510. The number of hydrogen-bond donors (Lipinski definition) is 0. The first-order valence-electron chi connectivity index (χ1n) is 12.8. The van der Waals surface area contributed by atoms with Crippen LogP contribution in [0.15, 0.2) is 120 Å². The van der Waals surface area contributed by atoms with Gasteiger partial charge in [0.2, 0.25) is 0 Å². The van der Waals surface area contributed by atoms with Crippen LogP contribution in [-0.4, -0.2) is 41.9 Å². The minimum Gasteiger partial charge on any atom is -0.368 e. The largest absolute Gasteiger partial charge is 0.368 e. The van der Waals surface area contributed by atoms with Gasteiger partial charge in [0.25, 0.3) is 0 Å². The fourth-order valence-electron chi connectivity index (χ4n) is 4.70. The molecule has 1 saturated heterocycles. The molecule has 1 aliphatic heterocycles. The van der Waals surface area contributed by atoms with E-state index in [4.69, 9.17) is 9.98 Å². The van der Waals surface area contributed by atoms with Crippen molar-refractivity contribution in [1.29, 1.82) is 0 Å². The van der Waals surface area contributed by atoms with Gasteiger partial charge in [0.15, 0.2) is 0 Å². The monoisotopic (exact) mass is 518 g/mol. The molecule has 0 bridgehead atoms. The van der Waals surface area contributed by atoms with E-state index in [0.29, 0.717) is 0 Å². The van der Waals surface area contributed by atoms with E-state index in [1.54, 1.807) is 12.1 Å². The van der Waals surface area contributed by atoms with E-state index in [2.05, 4.69) is 76.5 Å². The standard InChI is InChI=1S/C32H27FN4S/c33-27-18-16-26(17-19-27)31-34-29(24-10-4-1-5-11-24)32(38-31)35-30(25-12-6-2-7-13-25)37-22-20-36(21-23-37)28-14-8-3-9-15-28/h1-19H,20-23H2. The van der Waals surface area contributed by atoms with Crippen molar-refractivity contribution in [3.63, 3.8) is 0 Å². The Morgan fingerprint density at radius 3 is 1.95 bits per heavy atom. The van der Waals surface area contributed by atoms with Gasteiger partial charge in [0, 0.05) is 48.6 Å². The number of aliphatic imine (C=N–C) groups is 1. The number of benzene rings is 4. The normalized spacial score (nSPS) is 14.1. The molecule has 188 valence electrons. The number of para-hydroxylation sites is 1. The molecular weight excluding hydrogens is 491 g/mol. The van der Waals surface area contributed by atoms with Gasteiger partial charge in [-0.15, -0.1) is 0 Å². The average Bonchev–Trinajstić information content (AvgIpc) is 3.42. The molecule has 0 N–H and O–H groups in total. The molecule has 0 unspecified atom stereocenters. The van der Waals surface area contributed by atoms with Gasteiger partial charge in [-0.05, 0) is 36.4 Å². The summed E-state index contributed by atoms with van der Waals surface area (Å²) in [7, 11) is 0. The number of thiazole rings is 1. The van der Waals surface area contributed by atoms with Gasteiger partial charge in [0.05, 0.1) is 0 Å². The number of amidine groups is 1. The summed E-state index contributed by atoms with van der Waals surface area (Å²) in [6, 6.07) is 37.6. The molecule has 0 saturated carbocycles. The number of piperazine rings is 1. The van der Waals surface area contributed by atoms with Crippen molar-refractivity contribution in [3.8, 4) is 21.8 Å². The third kappa shape index (κ3) is 5.22. The molecular formula is C32H27FN4S. The number of anilines is 1. The Labute approximate surface area is 226 Å². The summed E-state index contributed by atoms with van der Waals surface area (Å²) in [5.74, 6) is 0.692. The summed E-state index contributed by atoms with van der Waals surface area (Å²) in [6.45, 7) is 3.58. The maximum atomic E-state index is 13.6. The Morgan fingerprint density at radius 2 is 1.29 bits per heavy atom. The predicted molar refractivity (Wildman–Crippen MR) is 156 cm³/mol. The summed E-state index contributed by atoms with van der Waals surface area (Å²) in [4.78, 5) is 15.1. The van der Waals surface area contributed by atoms with Crippen LogP contribution in [0.25, 0.3) is 21.8 Å². The fraction of sp³-hybridized carbons (Fsp3) is 0.125. The lowest BCUT2D eigenvalue weighted by atomic mass is 10.1. The van der Waals surface area contributed by atoms with Crippen molar-refractivity contribution in [1.82, 2.24) is 9.88 Å². The molecule has 6 heteroatoms. The van der Waals surface area contributed by atoms with Gasteiger partial charge in [-0.1, -0.05) is 90.2 Å². The lowest BCUT2D eigenvalue weighted by Crippen LogP contribution is -2.49. The van der Waals surface area contributed by atoms with Gasteiger partial charge in [-0.3, -0.25) is 0 Å². The fourth-order valence-corrected chi connectivity index (χ4v) is 5.67. The van der Waals surface area contributed by atoms with Crippen LogP contribution < -0.4 is 4.90 Å². The first kappa shape index (κ1) is 24.1. The van der Waals surface area contributed by atoms with Crippen LogP contribution in [0.4, 0.5) is 15.1 Å². The number of nitrogens with zero attached hydrogens (tertiary/aromatic N) is 4. The third-order valence-electron chi connectivity index (χ3n) is 6.69. The Morgan fingerprint density at radius 1 is 0.684 bits per heavy atom. The van der Waals surface area contributed by atoms with E-state index >= 15 is 0 Å². The molecule has 6 rings (SSSR count). The van der Waals surface area contributed by atoms with Gasteiger partial charge in [-0.25, -0.2) is 14.4 Å². The maximum absolute atomic E-state index is 13.6. The Balaban J connectivity index is 1.40. The van der Waals surface area contributed by atoms with Crippen molar-refractivity contribution in [2.45, 2.75) is 0 Å². The molecule has 1 aliphatic rings. The molecule has 4 aromatic carbocycles. The third-order valence-corrected chi connectivity index (χ3v) is 7.69. The van der Waals surface area contributed by atoms with E-state index in [1.807, 2.05) is 24.3 Å². The van der Waals surface area contributed by atoms with E-state index in [0.717, 1.165) is 64.4 Å². The van der Waals surface area contributed by atoms with Crippen molar-refractivity contribution in [2.24, 2.45) is 4.99 Å². The first-order valence-corrected chi connectivity index (χ1v) is 13.6. The summed E-state index contributed by atoms with van der Waals surface area (Å²) < 4.78 is 13.6. The van der Waals surface area contributed by atoms with Crippen LogP contribution in [0, 0.1) is 5.82 Å². The maximum Gasteiger partial charge on any atom is 0.146 e. The van der Waals surface area contributed by atoms with Crippen molar-refractivity contribution in [3.05, 3.63) is 127 Å². The quantitative estimate of drug-likeness (QED) is 0.178. The number of aromatic nitrogens is 1. The molecule has 1 fully saturated rings. The molecule has 2 heterocycles. The second-order valence-corrected chi connectivity index (χ2v) is 10.1. The molecule has 0 atom stereocenters. The summed E-state index contributed by atoms with van der Waals surface area (Å²) in [6.07, 6.45) is 0. The van der Waals surface area contributed by atoms with Crippen LogP contribution in [0.3, 0.4) is 0 Å². The van der Waals surface area contributed by atoms with E-state index in [-0.39, 0.29) is 5.82 Å². The topological polar surface area (TPSA) is 31.7 Å². The van der Waals surface area contributed by atoms with Gasteiger partial charge in [0.1, 0.15) is 27.4 Å². The molecule has 0 spiro atoms. The van der Waals surface area contributed by atoms with Crippen LogP contribution in [0.1, 0.15) is 5.56 Å². The average molecular weight is 519 g/mol. The van der Waals surface area contributed by atoms with Crippen LogP contribution in [-0.2, 0) is 0 Å². The number of hydrogen-bond acceptors (Lipinski definition) is 4. The highest BCUT2D eigenvalue weighted by Crippen LogP contribution is 2.40. The van der Waals surface area contributed by atoms with Gasteiger partial charge < -0.3 is 9.80 Å². The SMILES string of the molecule is Fc1ccc(-c2nc(-c3ccccc3)c(N=C(c3ccccc3)N3CCN(c4ccccc4)CC3)s2)cc1. The van der Waals surface area contributed by atoms with Crippen molar-refractivity contribution < 1.29 is 4.39 Å². The van der Waals surface area contributed by atoms with Crippen LogP contribution >= 0.6 is 11.3 Å². The van der Waals surface area contributed by atoms with Gasteiger partial charge >= 0.3 is 0 Å². The van der Waals surface area contributed by atoms with E-state index < -0.39 is 0 Å². The minimum absolute atomic E-state index is 0.257. The number of halogens is 1. The van der Waals surface area contributed by atoms with Crippen LogP contribution in [0.5, 0.6) is 0 Å². The van der Waals surface area contributed by atoms with Crippen molar-refractivity contribution in [2.75, 3.05) is 31.1 Å². The summed E-state index contributed by atoms with van der Waals surface area (Å²) in [5, 5.41) is 1.67. The minimum atomic E-state index is -0.257. The lowest BCUT2D eigenvalue weighted by molar-refractivity contribution is 0.386. The zero-order valence-corrected chi connectivity index (χ0v) is 21.7. The first-order chi connectivity index (χ1) is 18.7.